The summed E-state index contributed by atoms with van der Waals surface area (Å²) in [7, 11) is 0. The van der Waals surface area contributed by atoms with E-state index in [0.29, 0.717) is 11.6 Å². The van der Waals surface area contributed by atoms with Crippen molar-refractivity contribution in [1.29, 1.82) is 0 Å². The van der Waals surface area contributed by atoms with E-state index in [1.165, 1.54) is 11.1 Å². The van der Waals surface area contributed by atoms with Gasteiger partial charge in [0.05, 0.1) is 3.42 Å². The van der Waals surface area contributed by atoms with Crippen LogP contribution < -0.4 is 10.5 Å². The maximum Gasteiger partial charge on any atom is 0.349 e. The molecule has 0 aliphatic rings. The van der Waals surface area contributed by atoms with Crippen molar-refractivity contribution in [2.75, 3.05) is 13.2 Å². The van der Waals surface area contributed by atoms with Gasteiger partial charge in [0.1, 0.15) is 18.1 Å². The molecule has 3 aromatic rings. The zero-order valence-electron chi connectivity index (χ0n) is 19.8. The molecule has 3 aromatic carbocycles. The summed E-state index contributed by atoms with van der Waals surface area (Å²) in [4.78, 5) is 27.9. The number of esters is 2. The van der Waals surface area contributed by atoms with E-state index in [4.69, 9.17) is 15.2 Å². The Labute approximate surface area is 219 Å². The summed E-state index contributed by atoms with van der Waals surface area (Å²) >= 11 is 2.13. The average molecular weight is 584 g/mol. The Morgan fingerprint density at radius 2 is 1.43 bits per heavy atom. The number of benzene rings is 3. The fourth-order valence-corrected chi connectivity index (χ4v) is 3.58. The molecule has 2 N–H and O–H groups in total. The summed E-state index contributed by atoms with van der Waals surface area (Å²) in [6, 6.07) is 28.1. The van der Waals surface area contributed by atoms with Gasteiger partial charge in [-0.15, -0.1) is 0 Å². The molecule has 0 bridgehead atoms. The highest BCUT2D eigenvalue weighted by Gasteiger charge is 2.19. The molecule has 0 atom stereocenters. The third-order valence-electron chi connectivity index (χ3n) is 5.34. The van der Waals surface area contributed by atoms with Crippen molar-refractivity contribution in [3.8, 4) is 5.75 Å². The molecular formula is C28H29IN2O4. The van der Waals surface area contributed by atoms with Crippen LogP contribution in [0.5, 0.6) is 5.75 Å². The predicted molar refractivity (Wildman–Crippen MR) is 146 cm³/mol. The number of nitrogens with zero attached hydrogens (tertiary/aromatic N) is 1. The van der Waals surface area contributed by atoms with Gasteiger partial charge in [-0.2, -0.15) is 0 Å². The van der Waals surface area contributed by atoms with Gasteiger partial charge in [0.2, 0.25) is 0 Å². The van der Waals surface area contributed by atoms with Crippen LogP contribution in [0, 0.1) is 0 Å². The lowest BCUT2D eigenvalue weighted by Crippen LogP contribution is -2.33. The number of carbonyl (C=O) groups is 2. The minimum Gasteiger partial charge on any atom is -0.452 e. The monoisotopic (exact) mass is 584 g/mol. The molecule has 3 rings (SSSR count). The fraction of sp³-hybridized carbons (Fsp3) is 0.250. The lowest BCUT2D eigenvalue weighted by molar-refractivity contribution is -0.152. The number of hydrogen-bond donors (Lipinski definition) is 1. The van der Waals surface area contributed by atoms with Crippen molar-refractivity contribution in [2.24, 2.45) is 10.7 Å². The molecule has 0 saturated carbocycles. The predicted octanol–water partition coefficient (Wildman–Crippen LogP) is 5.08. The van der Waals surface area contributed by atoms with Crippen LogP contribution in [0.15, 0.2) is 89.9 Å². The van der Waals surface area contributed by atoms with Crippen LogP contribution in [0.4, 0.5) is 0 Å². The summed E-state index contributed by atoms with van der Waals surface area (Å²) in [6.07, 6.45) is 0.803. The second kappa shape index (κ2) is 12.5. The van der Waals surface area contributed by atoms with Crippen molar-refractivity contribution in [1.82, 2.24) is 0 Å². The molecule has 6 nitrogen and oxygen atoms in total. The summed E-state index contributed by atoms with van der Waals surface area (Å²) in [6.45, 7) is 3.02. The van der Waals surface area contributed by atoms with Gasteiger partial charge in [0, 0.05) is 5.92 Å². The minimum absolute atomic E-state index is 0.208. The van der Waals surface area contributed by atoms with Crippen LogP contribution in [-0.4, -0.2) is 34.3 Å². The van der Waals surface area contributed by atoms with E-state index >= 15 is 0 Å². The number of halogens is 1. The van der Waals surface area contributed by atoms with Gasteiger partial charge < -0.3 is 15.2 Å². The maximum absolute atomic E-state index is 12.1. The van der Waals surface area contributed by atoms with Gasteiger partial charge in [-0.05, 0) is 49.1 Å². The molecule has 0 radical (unpaired) electrons. The van der Waals surface area contributed by atoms with Crippen molar-refractivity contribution in [2.45, 2.75) is 29.6 Å². The Morgan fingerprint density at radius 3 is 1.94 bits per heavy atom. The first kappa shape index (κ1) is 26.4. The molecule has 0 saturated heterocycles. The Kier molecular flexibility index (Phi) is 9.42. The highest BCUT2D eigenvalue weighted by atomic mass is 127. The van der Waals surface area contributed by atoms with Gasteiger partial charge in [-0.1, -0.05) is 95.4 Å². The summed E-state index contributed by atoms with van der Waals surface area (Å²) in [5.74, 6) is -0.378. The number of hydrogen-bond acceptors (Lipinski definition) is 5. The molecule has 0 unspecified atom stereocenters. The van der Waals surface area contributed by atoms with E-state index in [2.05, 4.69) is 51.8 Å². The number of alkyl halides is 1. The molecule has 182 valence electrons. The first-order chi connectivity index (χ1) is 16.7. The van der Waals surface area contributed by atoms with Gasteiger partial charge in [-0.3, -0.25) is 9.79 Å². The molecule has 0 aromatic heterocycles. The van der Waals surface area contributed by atoms with E-state index in [1.807, 2.05) is 62.4 Å². The van der Waals surface area contributed by atoms with Gasteiger partial charge in [-0.25, -0.2) is 4.79 Å². The number of nitrogens with two attached hydrogens (primary N) is 1. The molecule has 0 heterocycles. The normalized spacial score (nSPS) is 11.8. The molecule has 35 heavy (non-hydrogen) atoms. The number of aliphatic imine (C=N–C) groups is 1. The molecule has 7 heteroatoms. The quantitative estimate of drug-likeness (QED) is 0.0897. The SMILES string of the molecule is CC(C)(I)C(N)=NCC(=O)OCC(=O)Oc1ccc(CC(c2ccccc2)c2ccccc2)cc1. The molecular weight excluding hydrogens is 555 g/mol. The summed E-state index contributed by atoms with van der Waals surface area (Å²) < 4.78 is 9.86. The van der Waals surface area contributed by atoms with E-state index in [9.17, 15) is 9.59 Å². The minimum atomic E-state index is -0.663. The Hall–Kier alpha value is -3.20. The molecule has 0 amide bonds. The Bertz CT molecular complexity index is 1100. The Balaban J connectivity index is 1.55. The first-order valence-corrected chi connectivity index (χ1v) is 12.3. The zero-order valence-corrected chi connectivity index (χ0v) is 22.0. The summed E-state index contributed by atoms with van der Waals surface area (Å²) in [5, 5.41) is 0. The van der Waals surface area contributed by atoms with Crippen LogP contribution >= 0.6 is 22.6 Å². The highest BCUT2D eigenvalue weighted by molar-refractivity contribution is 14.1. The third-order valence-corrected chi connectivity index (χ3v) is 5.89. The van der Waals surface area contributed by atoms with E-state index in [0.717, 1.165) is 12.0 Å². The second-order valence-corrected chi connectivity index (χ2v) is 11.2. The highest BCUT2D eigenvalue weighted by Crippen LogP contribution is 2.29. The van der Waals surface area contributed by atoms with Crippen LogP contribution in [0.25, 0.3) is 0 Å². The lowest BCUT2D eigenvalue weighted by Gasteiger charge is -2.18. The topological polar surface area (TPSA) is 91.0 Å². The van der Waals surface area contributed by atoms with Crippen molar-refractivity contribution < 1.29 is 19.1 Å². The number of carbonyl (C=O) groups excluding carboxylic acids is 2. The second-order valence-electron chi connectivity index (χ2n) is 8.53. The van der Waals surface area contributed by atoms with Crippen molar-refractivity contribution in [3.63, 3.8) is 0 Å². The standard InChI is InChI=1S/C28H29IN2O4/c1-28(2,29)27(30)31-18-25(32)34-19-26(33)35-23-15-13-20(14-16-23)17-24(21-9-5-3-6-10-21)22-11-7-4-8-12-22/h3-16,24H,17-19H2,1-2H3,(H2,30,31). The lowest BCUT2D eigenvalue weighted by atomic mass is 9.86. The number of amidine groups is 1. The number of ether oxygens (including phenoxy) is 2. The Morgan fingerprint density at radius 1 is 0.886 bits per heavy atom. The fourth-order valence-electron chi connectivity index (χ4n) is 3.41. The van der Waals surface area contributed by atoms with E-state index < -0.39 is 18.5 Å². The van der Waals surface area contributed by atoms with Crippen molar-refractivity contribution in [3.05, 3.63) is 102 Å². The van der Waals surface area contributed by atoms with E-state index in [1.54, 1.807) is 12.1 Å². The van der Waals surface area contributed by atoms with E-state index in [-0.39, 0.29) is 15.9 Å². The first-order valence-electron chi connectivity index (χ1n) is 11.3. The van der Waals surface area contributed by atoms with Crippen LogP contribution in [0.3, 0.4) is 0 Å². The summed E-state index contributed by atoms with van der Waals surface area (Å²) in [5.41, 5.74) is 9.40. The maximum atomic E-state index is 12.1. The molecule has 0 fully saturated rings. The van der Waals surface area contributed by atoms with Gasteiger partial charge in [0.15, 0.2) is 6.61 Å². The zero-order chi connectivity index (χ0) is 25.3. The average Bonchev–Trinajstić information content (AvgIpc) is 2.86. The van der Waals surface area contributed by atoms with Gasteiger partial charge >= 0.3 is 11.9 Å². The number of rotatable bonds is 10. The van der Waals surface area contributed by atoms with Crippen LogP contribution in [0.1, 0.15) is 36.5 Å². The third kappa shape index (κ3) is 8.51. The van der Waals surface area contributed by atoms with Crippen molar-refractivity contribution >= 4 is 40.4 Å². The van der Waals surface area contributed by atoms with Crippen LogP contribution in [-0.2, 0) is 20.7 Å². The molecule has 0 aliphatic carbocycles. The smallest absolute Gasteiger partial charge is 0.349 e. The van der Waals surface area contributed by atoms with Gasteiger partial charge in [0.25, 0.3) is 0 Å². The van der Waals surface area contributed by atoms with Crippen LogP contribution in [0.2, 0.25) is 0 Å². The largest absolute Gasteiger partial charge is 0.452 e. The molecule has 0 spiro atoms. The molecule has 0 aliphatic heterocycles.